The van der Waals surface area contributed by atoms with E-state index < -0.39 is 5.91 Å². The first-order valence-corrected chi connectivity index (χ1v) is 10.2. The van der Waals surface area contributed by atoms with Crippen LogP contribution in [0.1, 0.15) is 42.2 Å². The van der Waals surface area contributed by atoms with E-state index in [0.29, 0.717) is 34.7 Å². The van der Waals surface area contributed by atoms with Gasteiger partial charge in [-0.05, 0) is 29.8 Å². The van der Waals surface area contributed by atoms with Crippen molar-refractivity contribution in [3.05, 3.63) is 82.9 Å². The van der Waals surface area contributed by atoms with Gasteiger partial charge in [0.25, 0.3) is 17.7 Å². The summed E-state index contributed by atoms with van der Waals surface area (Å²) in [6.07, 6.45) is 1.49. The summed E-state index contributed by atoms with van der Waals surface area (Å²) in [5.41, 5.74) is 2.52. The number of fused-ring (bicyclic) bond motifs is 1. The molecular weight excluding hydrogens is 386 g/mol. The van der Waals surface area contributed by atoms with Crippen molar-refractivity contribution in [2.24, 2.45) is 0 Å². The highest BCUT2D eigenvalue weighted by Crippen LogP contribution is 2.24. The second-order valence-corrected chi connectivity index (χ2v) is 7.45. The predicted molar refractivity (Wildman–Crippen MR) is 112 cm³/mol. The average molecular weight is 405 g/mol. The number of benzene rings is 2. The summed E-state index contributed by atoms with van der Waals surface area (Å²) in [6, 6.07) is 14.1. The van der Waals surface area contributed by atoms with Crippen molar-refractivity contribution in [1.82, 2.24) is 10.2 Å². The van der Waals surface area contributed by atoms with E-state index in [-0.39, 0.29) is 23.9 Å². The van der Waals surface area contributed by atoms with Crippen LogP contribution in [0.4, 0.5) is 0 Å². The van der Waals surface area contributed by atoms with Crippen molar-refractivity contribution in [1.29, 1.82) is 5.26 Å². The molecule has 29 heavy (non-hydrogen) atoms. The van der Waals surface area contributed by atoms with Crippen molar-refractivity contribution in [3.8, 4) is 6.07 Å². The number of imide groups is 1. The van der Waals surface area contributed by atoms with Gasteiger partial charge >= 0.3 is 0 Å². The quantitative estimate of drug-likeness (QED) is 0.414. The number of thioether (sulfide) groups is 1. The molecule has 0 bridgehead atoms. The summed E-state index contributed by atoms with van der Waals surface area (Å²) in [6.45, 7) is 4.14. The lowest BCUT2D eigenvalue weighted by Crippen LogP contribution is -2.29. The van der Waals surface area contributed by atoms with E-state index in [1.54, 1.807) is 23.9 Å². The summed E-state index contributed by atoms with van der Waals surface area (Å²) in [7, 11) is 0. The lowest BCUT2D eigenvalue weighted by molar-refractivity contribution is 0.0672. The first-order chi connectivity index (χ1) is 14.1. The third kappa shape index (κ3) is 4.39. The van der Waals surface area contributed by atoms with E-state index in [0.717, 1.165) is 10.5 Å². The molecule has 0 radical (unpaired) electrons. The second kappa shape index (κ2) is 9.22. The molecule has 0 fully saturated rings. The molecule has 0 atom stereocenters. The van der Waals surface area contributed by atoms with E-state index in [1.165, 1.54) is 18.2 Å². The minimum absolute atomic E-state index is 0.139. The molecule has 2 aromatic carbocycles. The number of rotatable bonds is 8. The van der Waals surface area contributed by atoms with E-state index in [1.807, 2.05) is 18.2 Å². The molecule has 1 aliphatic heterocycles. The SMILES string of the molecule is C=CCN1C(=O)c2ccc(C(=O)NCCSCc3ccccc3C#N)cc2C1=O. The van der Waals surface area contributed by atoms with Crippen LogP contribution in [0.25, 0.3) is 0 Å². The van der Waals surface area contributed by atoms with Crippen molar-refractivity contribution < 1.29 is 14.4 Å². The van der Waals surface area contributed by atoms with E-state index in [4.69, 9.17) is 5.26 Å². The van der Waals surface area contributed by atoms with Crippen LogP contribution in [0.5, 0.6) is 0 Å². The highest BCUT2D eigenvalue weighted by atomic mass is 32.2. The molecule has 1 N–H and O–H groups in total. The Morgan fingerprint density at radius 1 is 1.17 bits per heavy atom. The number of carbonyl (C=O) groups is 3. The molecule has 146 valence electrons. The molecule has 3 rings (SSSR count). The fourth-order valence-corrected chi connectivity index (χ4v) is 3.87. The Labute approximate surface area is 173 Å². The summed E-state index contributed by atoms with van der Waals surface area (Å²) in [5.74, 6) is 0.292. The summed E-state index contributed by atoms with van der Waals surface area (Å²) < 4.78 is 0. The molecular formula is C22H19N3O3S. The first-order valence-electron chi connectivity index (χ1n) is 9.02. The topological polar surface area (TPSA) is 90.3 Å². The monoisotopic (exact) mass is 405 g/mol. The molecule has 0 unspecified atom stereocenters. The molecule has 0 aliphatic carbocycles. The maximum absolute atomic E-state index is 12.4. The van der Waals surface area contributed by atoms with Gasteiger partial charge in [-0.25, -0.2) is 0 Å². The van der Waals surface area contributed by atoms with Crippen LogP contribution < -0.4 is 5.32 Å². The molecule has 0 saturated heterocycles. The van der Waals surface area contributed by atoms with Gasteiger partial charge in [-0.15, -0.1) is 6.58 Å². The summed E-state index contributed by atoms with van der Waals surface area (Å²) >= 11 is 1.62. The van der Waals surface area contributed by atoms with Gasteiger partial charge in [0.1, 0.15) is 0 Å². The van der Waals surface area contributed by atoms with Gasteiger partial charge in [0.2, 0.25) is 0 Å². The fraction of sp³-hybridized carbons (Fsp3) is 0.182. The van der Waals surface area contributed by atoms with Crippen LogP contribution >= 0.6 is 11.8 Å². The second-order valence-electron chi connectivity index (χ2n) is 6.35. The van der Waals surface area contributed by atoms with Gasteiger partial charge in [-0.2, -0.15) is 17.0 Å². The van der Waals surface area contributed by atoms with Crippen LogP contribution in [0.2, 0.25) is 0 Å². The number of carbonyl (C=O) groups excluding carboxylic acids is 3. The fourth-order valence-electron chi connectivity index (χ4n) is 3.00. The van der Waals surface area contributed by atoms with Gasteiger partial charge in [0, 0.05) is 30.2 Å². The van der Waals surface area contributed by atoms with Gasteiger partial charge in [0.15, 0.2) is 0 Å². The molecule has 1 heterocycles. The Kier molecular flexibility index (Phi) is 6.47. The van der Waals surface area contributed by atoms with Crippen LogP contribution in [0.15, 0.2) is 55.1 Å². The van der Waals surface area contributed by atoms with Crippen molar-refractivity contribution in [3.63, 3.8) is 0 Å². The van der Waals surface area contributed by atoms with E-state index in [9.17, 15) is 14.4 Å². The first kappa shape index (κ1) is 20.4. The van der Waals surface area contributed by atoms with Gasteiger partial charge in [-0.1, -0.05) is 24.3 Å². The number of hydrogen-bond donors (Lipinski definition) is 1. The molecule has 3 amide bonds. The van der Waals surface area contributed by atoms with Crippen molar-refractivity contribution in [2.75, 3.05) is 18.8 Å². The normalized spacial score (nSPS) is 12.4. The molecule has 6 nitrogen and oxygen atoms in total. The average Bonchev–Trinajstić information content (AvgIpc) is 2.98. The van der Waals surface area contributed by atoms with Gasteiger partial charge < -0.3 is 5.32 Å². The molecule has 7 heteroatoms. The van der Waals surface area contributed by atoms with Crippen molar-refractivity contribution >= 4 is 29.5 Å². The molecule has 0 spiro atoms. The number of hydrogen-bond acceptors (Lipinski definition) is 5. The third-order valence-corrected chi connectivity index (χ3v) is 5.48. The Morgan fingerprint density at radius 2 is 1.93 bits per heavy atom. The lowest BCUT2D eigenvalue weighted by atomic mass is 10.1. The molecule has 2 aromatic rings. The van der Waals surface area contributed by atoms with Crippen LogP contribution in [0.3, 0.4) is 0 Å². The van der Waals surface area contributed by atoms with Crippen molar-refractivity contribution in [2.45, 2.75) is 5.75 Å². The smallest absolute Gasteiger partial charge is 0.261 e. The highest BCUT2D eigenvalue weighted by molar-refractivity contribution is 7.98. The van der Waals surface area contributed by atoms with E-state index >= 15 is 0 Å². The Bertz CT molecular complexity index is 1030. The standard InChI is InChI=1S/C22H19N3O3S/c1-2-10-25-21(27)18-8-7-15(12-19(18)22(25)28)20(26)24-9-11-29-14-17-6-4-3-5-16(17)13-23/h2-8,12H,1,9-11,14H2,(H,24,26). The number of amides is 3. The summed E-state index contributed by atoms with van der Waals surface area (Å²) in [5, 5.41) is 11.9. The van der Waals surface area contributed by atoms with Crippen LogP contribution in [-0.2, 0) is 5.75 Å². The zero-order chi connectivity index (χ0) is 20.8. The van der Waals surface area contributed by atoms with Crippen LogP contribution in [-0.4, -0.2) is 41.5 Å². The Balaban J connectivity index is 1.53. The zero-order valence-electron chi connectivity index (χ0n) is 15.7. The number of nitrogens with one attached hydrogen (secondary N) is 1. The minimum Gasteiger partial charge on any atom is -0.351 e. The lowest BCUT2D eigenvalue weighted by Gasteiger charge is -2.09. The highest BCUT2D eigenvalue weighted by Gasteiger charge is 2.35. The van der Waals surface area contributed by atoms with E-state index in [2.05, 4.69) is 18.0 Å². The number of nitrogens with zero attached hydrogens (tertiary/aromatic N) is 2. The van der Waals surface area contributed by atoms with Gasteiger partial charge in [-0.3, -0.25) is 19.3 Å². The molecule has 0 aromatic heterocycles. The zero-order valence-corrected chi connectivity index (χ0v) is 16.5. The molecule has 0 saturated carbocycles. The summed E-state index contributed by atoms with van der Waals surface area (Å²) in [4.78, 5) is 38.1. The van der Waals surface area contributed by atoms with Crippen LogP contribution in [0, 0.1) is 11.3 Å². The Morgan fingerprint density at radius 3 is 2.69 bits per heavy atom. The maximum Gasteiger partial charge on any atom is 0.261 e. The third-order valence-electron chi connectivity index (χ3n) is 4.47. The largest absolute Gasteiger partial charge is 0.351 e. The number of nitriles is 1. The maximum atomic E-state index is 12.4. The van der Waals surface area contributed by atoms with Gasteiger partial charge in [0.05, 0.1) is 22.8 Å². The molecule has 1 aliphatic rings. The predicted octanol–water partition coefficient (Wildman–Crippen LogP) is 3.00. The minimum atomic E-state index is -0.411. The Hall–Kier alpha value is -3.37.